The minimum Gasteiger partial charge on any atom is -0.489 e. The highest BCUT2D eigenvalue weighted by Gasteiger charge is 2.16. The van der Waals surface area contributed by atoms with E-state index in [9.17, 15) is 0 Å². The predicted octanol–water partition coefficient (Wildman–Crippen LogP) is 3.47. The molecule has 0 spiro atoms. The molecule has 4 nitrogen and oxygen atoms in total. The maximum atomic E-state index is 5.91. The van der Waals surface area contributed by atoms with Gasteiger partial charge in [0.25, 0.3) is 0 Å². The Kier molecular flexibility index (Phi) is 5.72. The van der Waals surface area contributed by atoms with Crippen LogP contribution in [0.4, 0.5) is 0 Å². The van der Waals surface area contributed by atoms with Gasteiger partial charge in [-0.2, -0.15) is 0 Å². The molecule has 126 valence electrons. The quantitative estimate of drug-likeness (QED) is 0.606. The second kappa shape index (κ2) is 8.39. The van der Waals surface area contributed by atoms with Crippen molar-refractivity contribution < 1.29 is 4.74 Å². The van der Waals surface area contributed by atoms with Gasteiger partial charge in [-0.1, -0.05) is 48.9 Å². The van der Waals surface area contributed by atoms with Crippen LogP contribution < -0.4 is 15.8 Å². The molecule has 1 saturated carbocycles. The Morgan fingerprint density at radius 3 is 2.42 bits per heavy atom. The van der Waals surface area contributed by atoms with E-state index < -0.39 is 0 Å². The Morgan fingerprint density at radius 1 is 1.04 bits per heavy atom. The van der Waals surface area contributed by atoms with Crippen LogP contribution in [0, 0.1) is 5.92 Å². The van der Waals surface area contributed by atoms with E-state index in [0.717, 1.165) is 29.3 Å². The van der Waals surface area contributed by atoms with Crippen LogP contribution in [-0.2, 0) is 13.2 Å². The molecular formula is C20H25N3O. The number of nitrogens with one attached hydrogen (secondary N) is 1. The van der Waals surface area contributed by atoms with Crippen molar-refractivity contribution in [3.8, 4) is 5.75 Å². The second-order valence-electron chi connectivity index (χ2n) is 6.30. The molecule has 2 aromatic rings. The summed E-state index contributed by atoms with van der Waals surface area (Å²) in [7, 11) is 0. The van der Waals surface area contributed by atoms with Crippen LogP contribution in [0.2, 0.25) is 0 Å². The van der Waals surface area contributed by atoms with Crippen LogP contribution >= 0.6 is 0 Å². The van der Waals surface area contributed by atoms with E-state index in [4.69, 9.17) is 10.5 Å². The molecule has 3 rings (SSSR count). The number of para-hydroxylation sites is 1. The SMILES string of the molecule is NC(=NCc1ccc(COc2ccccc2)cc1)NCC1CCC1. The van der Waals surface area contributed by atoms with E-state index in [2.05, 4.69) is 34.6 Å². The number of nitrogens with zero attached hydrogens (tertiary/aromatic N) is 1. The smallest absolute Gasteiger partial charge is 0.188 e. The van der Waals surface area contributed by atoms with E-state index in [1.165, 1.54) is 19.3 Å². The zero-order valence-electron chi connectivity index (χ0n) is 13.9. The van der Waals surface area contributed by atoms with Crippen molar-refractivity contribution >= 4 is 5.96 Å². The van der Waals surface area contributed by atoms with E-state index >= 15 is 0 Å². The third-order valence-electron chi connectivity index (χ3n) is 4.40. The minimum atomic E-state index is 0.540. The van der Waals surface area contributed by atoms with Crippen molar-refractivity contribution in [3.63, 3.8) is 0 Å². The maximum Gasteiger partial charge on any atom is 0.188 e. The largest absolute Gasteiger partial charge is 0.489 e. The van der Waals surface area contributed by atoms with Gasteiger partial charge in [0.05, 0.1) is 6.54 Å². The molecule has 1 aliphatic carbocycles. The molecular weight excluding hydrogens is 298 g/mol. The molecule has 0 aromatic heterocycles. The minimum absolute atomic E-state index is 0.540. The Labute approximate surface area is 143 Å². The second-order valence-corrected chi connectivity index (χ2v) is 6.30. The van der Waals surface area contributed by atoms with Crippen LogP contribution in [0.5, 0.6) is 5.75 Å². The lowest BCUT2D eigenvalue weighted by molar-refractivity contribution is 0.306. The maximum absolute atomic E-state index is 5.91. The molecule has 3 N–H and O–H groups in total. The zero-order valence-corrected chi connectivity index (χ0v) is 13.9. The van der Waals surface area contributed by atoms with Gasteiger partial charge in [0, 0.05) is 6.54 Å². The molecule has 0 heterocycles. The lowest BCUT2D eigenvalue weighted by Gasteiger charge is -2.25. The van der Waals surface area contributed by atoms with E-state index in [-0.39, 0.29) is 0 Å². The van der Waals surface area contributed by atoms with Gasteiger partial charge in [0.1, 0.15) is 12.4 Å². The van der Waals surface area contributed by atoms with Crippen LogP contribution in [-0.4, -0.2) is 12.5 Å². The first kappa shape index (κ1) is 16.4. The molecule has 0 radical (unpaired) electrons. The number of rotatable bonds is 7. The van der Waals surface area contributed by atoms with Gasteiger partial charge >= 0.3 is 0 Å². The first-order chi connectivity index (χ1) is 11.8. The number of hydrogen-bond donors (Lipinski definition) is 2. The number of aliphatic imine (C=N–C) groups is 1. The molecule has 0 unspecified atom stereocenters. The van der Waals surface area contributed by atoms with Crippen LogP contribution in [0.3, 0.4) is 0 Å². The molecule has 0 saturated heterocycles. The fourth-order valence-electron chi connectivity index (χ4n) is 2.60. The normalized spacial score (nSPS) is 14.9. The Morgan fingerprint density at radius 2 is 1.75 bits per heavy atom. The van der Waals surface area contributed by atoms with E-state index in [1.54, 1.807) is 0 Å². The predicted molar refractivity (Wildman–Crippen MR) is 97.9 cm³/mol. The lowest BCUT2D eigenvalue weighted by Crippen LogP contribution is -2.37. The first-order valence-electron chi connectivity index (χ1n) is 8.59. The Bertz CT molecular complexity index is 648. The molecule has 0 bridgehead atoms. The van der Waals surface area contributed by atoms with Crippen molar-refractivity contribution in [1.29, 1.82) is 0 Å². The van der Waals surface area contributed by atoms with Gasteiger partial charge in [-0.15, -0.1) is 0 Å². The average Bonchev–Trinajstić information content (AvgIpc) is 2.58. The fraction of sp³-hybridized carbons (Fsp3) is 0.350. The zero-order chi connectivity index (χ0) is 16.6. The van der Waals surface area contributed by atoms with Crippen molar-refractivity contribution in [2.75, 3.05) is 6.54 Å². The summed E-state index contributed by atoms with van der Waals surface area (Å²) in [6, 6.07) is 18.1. The van der Waals surface area contributed by atoms with Gasteiger partial charge in [-0.3, -0.25) is 0 Å². The monoisotopic (exact) mass is 323 g/mol. The summed E-state index contributed by atoms with van der Waals surface area (Å²) in [5.74, 6) is 2.21. The Balaban J connectivity index is 1.43. The number of guanidine groups is 1. The molecule has 1 fully saturated rings. The molecule has 4 heteroatoms. The summed E-state index contributed by atoms with van der Waals surface area (Å²) in [5, 5.41) is 3.21. The first-order valence-corrected chi connectivity index (χ1v) is 8.59. The average molecular weight is 323 g/mol. The van der Waals surface area contributed by atoms with Gasteiger partial charge in [0.15, 0.2) is 5.96 Å². The third-order valence-corrected chi connectivity index (χ3v) is 4.40. The summed E-state index contributed by atoms with van der Waals surface area (Å²) >= 11 is 0. The van der Waals surface area contributed by atoms with Gasteiger partial charge in [-0.05, 0) is 42.0 Å². The van der Waals surface area contributed by atoms with Gasteiger partial charge in [0.2, 0.25) is 0 Å². The van der Waals surface area contributed by atoms with Crippen molar-refractivity contribution in [2.24, 2.45) is 16.6 Å². The van der Waals surface area contributed by atoms with Crippen molar-refractivity contribution in [3.05, 3.63) is 65.7 Å². The van der Waals surface area contributed by atoms with E-state index in [1.807, 2.05) is 30.3 Å². The van der Waals surface area contributed by atoms with Gasteiger partial charge in [-0.25, -0.2) is 4.99 Å². The summed E-state index contributed by atoms with van der Waals surface area (Å²) in [6.07, 6.45) is 3.98. The summed E-state index contributed by atoms with van der Waals surface area (Å²) in [4.78, 5) is 4.40. The number of ether oxygens (including phenoxy) is 1. The van der Waals surface area contributed by atoms with Crippen molar-refractivity contribution in [2.45, 2.75) is 32.4 Å². The standard InChI is InChI=1S/C20H25N3O/c21-20(22-13-16-5-4-6-16)23-14-17-9-11-18(12-10-17)15-24-19-7-2-1-3-8-19/h1-3,7-12,16H,4-6,13-15H2,(H3,21,22,23). The van der Waals surface area contributed by atoms with Gasteiger partial charge < -0.3 is 15.8 Å². The molecule has 1 aliphatic rings. The summed E-state index contributed by atoms with van der Waals surface area (Å²) in [5.41, 5.74) is 8.20. The Hall–Kier alpha value is -2.49. The molecule has 0 amide bonds. The molecule has 2 aromatic carbocycles. The topological polar surface area (TPSA) is 59.6 Å². The number of hydrogen-bond acceptors (Lipinski definition) is 2. The fourth-order valence-corrected chi connectivity index (χ4v) is 2.60. The molecule has 0 aliphatic heterocycles. The third kappa shape index (κ3) is 5.01. The lowest BCUT2D eigenvalue weighted by atomic mass is 9.85. The highest BCUT2D eigenvalue weighted by atomic mass is 16.5. The van der Waals surface area contributed by atoms with Crippen molar-refractivity contribution in [1.82, 2.24) is 5.32 Å². The van der Waals surface area contributed by atoms with Crippen LogP contribution in [0.1, 0.15) is 30.4 Å². The highest BCUT2D eigenvalue weighted by Crippen LogP contribution is 2.25. The van der Waals surface area contributed by atoms with Crippen LogP contribution in [0.15, 0.2) is 59.6 Å². The summed E-state index contributed by atoms with van der Waals surface area (Å²) in [6.45, 7) is 2.12. The summed E-state index contributed by atoms with van der Waals surface area (Å²) < 4.78 is 5.74. The number of benzene rings is 2. The molecule has 24 heavy (non-hydrogen) atoms. The molecule has 0 atom stereocenters. The van der Waals surface area contributed by atoms with Crippen LogP contribution in [0.25, 0.3) is 0 Å². The number of nitrogens with two attached hydrogens (primary N) is 1. The van der Waals surface area contributed by atoms with E-state index in [0.29, 0.717) is 19.1 Å². The highest BCUT2D eigenvalue weighted by molar-refractivity contribution is 5.77.